The van der Waals surface area contributed by atoms with Gasteiger partial charge in [0.05, 0.1) is 16.9 Å². The minimum absolute atomic E-state index is 0.424. The molecule has 0 saturated carbocycles. The van der Waals surface area contributed by atoms with E-state index in [1.54, 1.807) is 10.4 Å². The van der Waals surface area contributed by atoms with E-state index in [2.05, 4.69) is 23.0 Å². The van der Waals surface area contributed by atoms with Crippen molar-refractivity contribution < 1.29 is 8.42 Å². The van der Waals surface area contributed by atoms with E-state index in [9.17, 15) is 8.42 Å². The largest absolute Gasteiger partial charge is 0.373 e. The fourth-order valence-electron chi connectivity index (χ4n) is 4.03. The topological polar surface area (TPSA) is 56.4 Å². The van der Waals surface area contributed by atoms with Crippen LogP contribution < -0.4 is 4.90 Å². The molecule has 124 valence electrons. The first kappa shape index (κ1) is 15.2. The standard InChI is InChI=1S/C16H21N3O2S2/c1-18-11-8-16(15-13(18)6-9-17-15)7-2-3-10-19(16)23(20,21)14-5-4-12-22-14/h4-6,9,12,17H,2-3,7-8,10-11H2,1H3. The summed E-state index contributed by atoms with van der Waals surface area (Å²) in [4.78, 5) is 5.56. The highest BCUT2D eigenvalue weighted by atomic mass is 32.2. The van der Waals surface area contributed by atoms with Gasteiger partial charge < -0.3 is 9.88 Å². The van der Waals surface area contributed by atoms with Gasteiger partial charge in [0.25, 0.3) is 10.0 Å². The fourth-order valence-corrected chi connectivity index (χ4v) is 6.97. The molecule has 0 bridgehead atoms. The summed E-state index contributed by atoms with van der Waals surface area (Å²) in [5, 5.41) is 1.83. The molecule has 2 aromatic heterocycles. The van der Waals surface area contributed by atoms with E-state index in [0.717, 1.165) is 43.6 Å². The molecule has 0 aliphatic carbocycles. The number of hydrogen-bond acceptors (Lipinski definition) is 4. The maximum absolute atomic E-state index is 13.2. The molecular weight excluding hydrogens is 330 g/mol. The molecule has 5 nitrogen and oxygen atoms in total. The molecule has 2 aliphatic rings. The average Bonchev–Trinajstić information content (AvgIpc) is 3.23. The Morgan fingerprint density at radius 1 is 1.22 bits per heavy atom. The third-order valence-electron chi connectivity index (χ3n) is 5.18. The molecule has 23 heavy (non-hydrogen) atoms. The molecule has 4 heterocycles. The van der Waals surface area contributed by atoms with Crippen molar-refractivity contribution in [2.24, 2.45) is 0 Å². The molecule has 1 spiro atoms. The van der Waals surface area contributed by atoms with Gasteiger partial charge in [-0.15, -0.1) is 11.3 Å². The maximum Gasteiger partial charge on any atom is 0.253 e. The Labute approximate surface area is 141 Å². The van der Waals surface area contributed by atoms with Gasteiger partial charge in [-0.3, -0.25) is 0 Å². The lowest BCUT2D eigenvalue weighted by Crippen LogP contribution is -2.55. The first-order chi connectivity index (χ1) is 11.1. The quantitative estimate of drug-likeness (QED) is 0.905. The van der Waals surface area contributed by atoms with Crippen molar-refractivity contribution in [3.05, 3.63) is 35.5 Å². The number of H-pyrrole nitrogens is 1. The van der Waals surface area contributed by atoms with Crippen molar-refractivity contribution in [3.63, 3.8) is 0 Å². The molecule has 1 unspecified atom stereocenters. The van der Waals surface area contributed by atoms with Crippen LogP contribution in [0.5, 0.6) is 0 Å². The van der Waals surface area contributed by atoms with Crippen molar-refractivity contribution in [2.45, 2.75) is 35.4 Å². The number of aromatic amines is 1. The number of rotatable bonds is 2. The lowest BCUT2D eigenvalue weighted by Gasteiger charge is -2.49. The summed E-state index contributed by atoms with van der Waals surface area (Å²) in [5.41, 5.74) is 1.77. The molecule has 7 heteroatoms. The van der Waals surface area contributed by atoms with Crippen LogP contribution in [0.25, 0.3) is 0 Å². The first-order valence-electron chi connectivity index (χ1n) is 8.01. The molecule has 1 saturated heterocycles. The Morgan fingerprint density at radius 3 is 2.87 bits per heavy atom. The molecule has 0 radical (unpaired) electrons. The SMILES string of the molecule is CN1CCC2(CCCCN2S(=O)(=O)c2cccs2)c2[nH]ccc21. The maximum atomic E-state index is 13.2. The van der Waals surface area contributed by atoms with Crippen LogP contribution in [-0.4, -0.2) is 37.8 Å². The van der Waals surface area contributed by atoms with E-state index >= 15 is 0 Å². The van der Waals surface area contributed by atoms with Crippen LogP contribution in [-0.2, 0) is 15.6 Å². The first-order valence-corrected chi connectivity index (χ1v) is 10.3. The van der Waals surface area contributed by atoms with E-state index in [1.807, 2.05) is 17.6 Å². The monoisotopic (exact) mass is 351 g/mol. The lowest BCUT2D eigenvalue weighted by molar-refractivity contribution is 0.113. The zero-order valence-electron chi connectivity index (χ0n) is 13.2. The molecule has 1 N–H and O–H groups in total. The van der Waals surface area contributed by atoms with E-state index in [0.29, 0.717) is 10.8 Å². The van der Waals surface area contributed by atoms with E-state index in [-0.39, 0.29) is 0 Å². The van der Waals surface area contributed by atoms with E-state index in [4.69, 9.17) is 0 Å². The molecular formula is C16H21N3O2S2. The van der Waals surface area contributed by atoms with Gasteiger partial charge in [-0.2, -0.15) is 4.31 Å². The van der Waals surface area contributed by atoms with Gasteiger partial charge in [-0.1, -0.05) is 6.07 Å². The number of thiophene rings is 1. The Morgan fingerprint density at radius 2 is 2.09 bits per heavy atom. The van der Waals surface area contributed by atoms with Crippen LogP contribution in [0.2, 0.25) is 0 Å². The second-order valence-corrected chi connectivity index (χ2v) is 9.44. The van der Waals surface area contributed by atoms with Crippen molar-refractivity contribution in [1.82, 2.24) is 9.29 Å². The van der Waals surface area contributed by atoms with Crippen molar-refractivity contribution >= 4 is 27.0 Å². The molecule has 4 rings (SSSR count). The molecule has 2 aliphatic heterocycles. The van der Waals surface area contributed by atoms with E-state index in [1.165, 1.54) is 11.3 Å². The number of nitrogens with zero attached hydrogens (tertiary/aromatic N) is 2. The molecule has 0 amide bonds. The average molecular weight is 351 g/mol. The summed E-state index contributed by atoms with van der Waals surface area (Å²) >= 11 is 1.30. The third kappa shape index (κ3) is 2.17. The smallest absolute Gasteiger partial charge is 0.253 e. The van der Waals surface area contributed by atoms with Gasteiger partial charge in [-0.05, 0) is 43.2 Å². The zero-order valence-corrected chi connectivity index (χ0v) is 14.8. The predicted molar refractivity (Wildman–Crippen MR) is 92.4 cm³/mol. The number of anilines is 1. The van der Waals surface area contributed by atoms with Crippen molar-refractivity contribution in [1.29, 1.82) is 0 Å². The van der Waals surface area contributed by atoms with Gasteiger partial charge in [0.1, 0.15) is 4.21 Å². The van der Waals surface area contributed by atoms with Gasteiger partial charge in [-0.25, -0.2) is 8.42 Å². The highest BCUT2D eigenvalue weighted by Gasteiger charge is 2.50. The normalized spacial score (nSPS) is 25.7. The minimum atomic E-state index is -3.45. The van der Waals surface area contributed by atoms with Crippen LogP contribution in [0.4, 0.5) is 5.69 Å². The van der Waals surface area contributed by atoms with Gasteiger partial charge in [0.15, 0.2) is 0 Å². The number of hydrogen-bond donors (Lipinski definition) is 1. The summed E-state index contributed by atoms with van der Waals surface area (Å²) in [6, 6.07) is 5.58. The van der Waals surface area contributed by atoms with Crippen LogP contribution in [0.1, 0.15) is 31.4 Å². The second-order valence-electron chi connectivity index (χ2n) is 6.41. The summed E-state index contributed by atoms with van der Waals surface area (Å²) in [7, 11) is -1.38. The Balaban J connectivity index is 1.86. The van der Waals surface area contributed by atoms with Gasteiger partial charge in [0.2, 0.25) is 0 Å². The van der Waals surface area contributed by atoms with Crippen LogP contribution >= 0.6 is 11.3 Å². The predicted octanol–water partition coefficient (Wildman–Crippen LogP) is 2.99. The number of nitrogens with one attached hydrogen (secondary N) is 1. The van der Waals surface area contributed by atoms with Crippen molar-refractivity contribution in [2.75, 3.05) is 25.0 Å². The number of sulfonamides is 1. The highest BCUT2D eigenvalue weighted by molar-refractivity contribution is 7.91. The highest BCUT2D eigenvalue weighted by Crippen LogP contribution is 2.49. The minimum Gasteiger partial charge on any atom is -0.373 e. The third-order valence-corrected chi connectivity index (χ3v) is 8.52. The van der Waals surface area contributed by atoms with Gasteiger partial charge in [0, 0.05) is 26.3 Å². The van der Waals surface area contributed by atoms with Gasteiger partial charge >= 0.3 is 0 Å². The lowest BCUT2D eigenvalue weighted by atomic mass is 9.80. The Hall–Kier alpha value is -1.31. The van der Waals surface area contributed by atoms with E-state index < -0.39 is 15.6 Å². The molecule has 2 aromatic rings. The summed E-state index contributed by atoms with van der Waals surface area (Å²) in [5.74, 6) is 0. The summed E-state index contributed by atoms with van der Waals surface area (Å²) in [6.07, 6.45) is 5.65. The zero-order chi connectivity index (χ0) is 16.1. The number of piperidine rings is 1. The molecule has 0 aromatic carbocycles. The second kappa shape index (κ2) is 5.36. The van der Waals surface area contributed by atoms with Crippen LogP contribution in [0.15, 0.2) is 34.0 Å². The molecule has 1 atom stereocenters. The fraction of sp³-hybridized carbons (Fsp3) is 0.500. The van der Waals surface area contributed by atoms with Crippen LogP contribution in [0, 0.1) is 0 Å². The Kier molecular flexibility index (Phi) is 3.55. The summed E-state index contributed by atoms with van der Waals surface area (Å²) in [6.45, 7) is 1.48. The summed E-state index contributed by atoms with van der Waals surface area (Å²) < 4.78 is 28.7. The van der Waals surface area contributed by atoms with Crippen LogP contribution in [0.3, 0.4) is 0 Å². The number of aromatic nitrogens is 1. The number of fused-ring (bicyclic) bond motifs is 2. The van der Waals surface area contributed by atoms with Crippen molar-refractivity contribution in [3.8, 4) is 0 Å². The Bertz CT molecular complexity index is 797. The molecule has 1 fully saturated rings.